The van der Waals surface area contributed by atoms with Gasteiger partial charge >= 0.3 is 5.97 Å². The first-order chi connectivity index (χ1) is 24.6. The van der Waals surface area contributed by atoms with E-state index in [0.717, 1.165) is 5.56 Å². The molecule has 4 aliphatic rings. The molecular formula is C40H62N2O10. The SMILES string of the molecule is CC[C@H]1OC(=O)[C@H](C)[C@H]2OC/C(=N\OCCc3ccccc3)CO[C@](C)(C[C@@H](C)C3OC1(C)C(=O)C3C)[C@H](O[C@@H]1O[C@H](C)C[C@H](N(C)C)[C@H]1O)[C@@H]2C. The van der Waals surface area contributed by atoms with E-state index >= 15 is 0 Å². The summed E-state index contributed by atoms with van der Waals surface area (Å²) in [5.74, 6) is -2.46. The number of fused-ring (bicyclic) bond motifs is 5. The number of carbonyl (C=O) groups excluding carboxylic acids is 2. The van der Waals surface area contributed by atoms with Crippen molar-refractivity contribution in [3.63, 3.8) is 0 Å². The van der Waals surface area contributed by atoms with E-state index in [1.165, 1.54) is 0 Å². The lowest BCUT2D eigenvalue weighted by molar-refractivity contribution is -0.302. The van der Waals surface area contributed by atoms with Gasteiger partial charge in [-0.15, -0.1) is 0 Å². The van der Waals surface area contributed by atoms with Crippen molar-refractivity contribution < 1.29 is 48.0 Å². The van der Waals surface area contributed by atoms with Crippen molar-refractivity contribution in [3.05, 3.63) is 35.9 Å². The molecule has 4 fully saturated rings. The van der Waals surface area contributed by atoms with Crippen LogP contribution in [0.15, 0.2) is 35.5 Å². The summed E-state index contributed by atoms with van der Waals surface area (Å²) in [5, 5.41) is 16.1. The molecule has 0 spiro atoms. The lowest BCUT2D eigenvalue weighted by Gasteiger charge is -2.48. The lowest BCUT2D eigenvalue weighted by atomic mass is 9.75. The summed E-state index contributed by atoms with van der Waals surface area (Å²) in [4.78, 5) is 35.8. The highest BCUT2D eigenvalue weighted by molar-refractivity contribution is 5.92. The monoisotopic (exact) mass is 730 g/mol. The van der Waals surface area contributed by atoms with Crippen molar-refractivity contribution in [2.24, 2.45) is 28.8 Å². The average molecular weight is 731 g/mol. The number of cyclic esters (lactones) is 1. The van der Waals surface area contributed by atoms with E-state index in [1.807, 2.05) is 83.9 Å². The number of aliphatic hydroxyl groups is 1. The molecule has 52 heavy (non-hydrogen) atoms. The summed E-state index contributed by atoms with van der Waals surface area (Å²) >= 11 is 0. The molecule has 4 bridgehead atoms. The number of Topliss-reactive ketones (excluding diaryl/α,β-unsaturated/α-hetero) is 1. The van der Waals surface area contributed by atoms with Gasteiger partial charge in [0.05, 0.1) is 49.1 Å². The molecule has 292 valence electrons. The fourth-order valence-corrected chi connectivity index (χ4v) is 8.89. The van der Waals surface area contributed by atoms with Crippen LogP contribution in [-0.2, 0) is 49.3 Å². The van der Waals surface area contributed by atoms with E-state index < -0.39 is 71.7 Å². The molecule has 0 amide bonds. The third kappa shape index (κ3) is 8.59. The van der Waals surface area contributed by atoms with Crippen LogP contribution in [0, 0.1) is 23.7 Å². The van der Waals surface area contributed by atoms with Gasteiger partial charge < -0.3 is 43.3 Å². The van der Waals surface area contributed by atoms with Gasteiger partial charge in [-0.3, -0.25) is 9.59 Å². The number of rotatable bonds is 8. The van der Waals surface area contributed by atoms with Crippen LogP contribution in [0.5, 0.6) is 0 Å². The molecule has 5 rings (SSSR count). The first-order valence-electron chi connectivity index (χ1n) is 19.1. The molecule has 3 unspecified atom stereocenters. The van der Waals surface area contributed by atoms with Crippen LogP contribution in [0.3, 0.4) is 0 Å². The third-order valence-electron chi connectivity index (χ3n) is 11.9. The molecule has 1 aromatic rings. The first kappa shape index (κ1) is 40.7. The molecular weight excluding hydrogens is 668 g/mol. The number of hydrogen-bond donors (Lipinski definition) is 1. The molecule has 0 saturated carbocycles. The van der Waals surface area contributed by atoms with Gasteiger partial charge in [-0.2, -0.15) is 0 Å². The molecule has 4 aliphatic heterocycles. The van der Waals surface area contributed by atoms with Crippen LogP contribution in [0.25, 0.3) is 0 Å². The zero-order chi connectivity index (χ0) is 38.0. The Morgan fingerprint density at radius 1 is 1.00 bits per heavy atom. The Morgan fingerprint density at radius 3 is 2.38 bits per heavy atom. The third-order valence-corrected chi connectivity index (χ3v) is 11.9. The molecule has 4 heterocycles. The molecule has 0 aliphatic carbocycles. The van der Waals surface area contributed by atoms with E-state index in [1.54, 1.807) is 13.8 Å². The Labute approximate surface area is 309 Å². The van der Waals surface area contributed by atoms with Crippen LogP contribution in [0.2, 0.25) is 0 Å². The highest BCUT2D eigenvalue weighted by atomic mass is 16.7. The maximum atomic E-state index is 14.1. The van der Waals surface area contributed by atoms with Crippen molar-refractivity contribution in [1.29, 1.82) is 0 Å². The number of oxime groups is 1. The summed E-state index contributed by atoms with van der Waals surface area (Å²) < 4.78 is 39.6. The van der Waals surface area contributed by atoms with Gasteiger partial charge in [-0.25, -0.2) is 0 Å². The number of ether oxygens (including phenoxy) is 6. The minimum Gasteiger partial charge on any atom is -0.459 e. The molecule has 4 saturated heterocycles. The van der Waals surface area contributed by atoms with Gasteiger partial charge in [-0.05, 0) is 72.5 Å². The minimum absolute atomic E-state index is 0.0504. The van der Waals surface area contributed by atoms with E-state index in [-0.39, 0.29) is 37.1 Å². The van der Waals surface area contributed by atoms with E-state index in [2.05, 4.69) is 12.1 Å². The van der Waals surface area contributed by atoms with E-state index in [4.69, 9.17) is 33.3 Å². The van der Waals surface area contributed by atoms with Gasteiger partial charge in [0.25, 0.3) is 0 Å². The highest BCUT2D eigenvalue weighted by Gasteiger charge is 2.58. The van der Waals surface area contributed by atoms with Crippen LogP contribution >= 0.6 is 0 Å². The quantitative estimate of drug-likeness (QED) is 0.229. The van der Waals surface area contributed by atoms with Crippen LogP contribution in [0.1, 0.15) is 80.2 Å². The van der Waals surface area contributed by atoms with Crippen molar-refractivity contribution in [1.82, 2.24) is 4.90 Å². The second-order valence-electron chi connectivity index (χ2n) is 16.2. The zero-order valence-electron chi connectivity index (χ0n) is 32.8. The minimum atomic E-state index is -1.29. The Bertz CT molecular complexity index is 1390. The van der Waals surface area contributed by atoms with E-state index in [0.29, 0.717) is 38.0 Å². The zero-order valence-corrected chi connectivity index (χ0v) is 32.8. The smallest absolute Gasteiger partial charge is 0.311 e. The van der Waals surface area contributed by atoms with Crippen LogP contribution in [0.4, 0.5) is 0 Å². The number of aliphatic hydroxyl groups excluding tert-OH is 1. The van der Waals surface area contributed by atoms with Gasteiger partial charge in [0.2, 0.25) is 0 Å². The normalized spacial score (nSPS) is 42.8. The van der Waals surface area contributed by atoms with Crippen LogP contribution < -0.4 is 0 Å². The second kappa shape index (κ2) is 16.9. The molecule has 12 heteroatoms. The molecule has 12 nitrogen and oxygen atoms in total. The molecule has 1 N–H and O–H groups in total. The number of benzene rings is 1. The molecule has 14 atom stereocenters. The van der Waals surface area contributed by atoms with Gasteiger partial charge in [-0.1, -0.05) is 63.2 Å². The molecule has 0 radical (unpaired) electrons. The number of esters is 1. The summed E-state index contributed by atoms with van der Waals surface area (Å²) in [7, 11) is 3.87. The van der Waals surface area contributed by atoms with Crippen molar-refractivity contribution >= 4 is 17.5 Å². The average Bonchev–Trinajstić information content (AvgIpc) is 3.37. The van der Waals surface area contributed by atoms with Gasteiger partial charge in [0.1, 0.15) is 24.5 Å². The maximum absolute atomic E-state index is 14.1. The van der Waals surface area contributed by atoms with Gasteiger partial charge in [0, 0.05) is 24.3 Å². The topological polar surface area (TPSA) is 135 Å². The fourth-order valence-electron chi connectivity index (χ4n) is 8.89. The summed E-state index contributed by atoms with van der Waals surface area (Å²) in [6.45, 7) is 15.8. The summed E-state index contributed by atoms with van der Waals surface area (Å²) in [5.41, 5.74) is -0.695. The number of carbonyl (C=O) groups is 2. The van der Waals surface area contributed by atoms with Crippen molar-refractivity contribution in [2.45, 2.75) is 141 Å². The lowest BCUT2D eigenvalue weighted by Crippen LogP contribution is -2.59. The van der Waals surface area contributed by atoms with Gasteiger partial charge in [0.15, 0.2) is 17.7 Å². The standard InChI is InChI=1S/C40H62N2O10/c1-11-31-40(8)35(44)25(4)33(52-40)23(2)20-39(7)36(51-38-32(43)30(42(9)10)19-24(3)49-38)26(5)34(27(6)37(45)50-31)46-21-29(22-47-39)41-48-18-17-28-15-13-12-14-16-28/h12-16,23-27,30-34,36,38,43H,11,17-22H2,1-10H3/b41-29+/t23-,24-,25?,26-,27-,30+,31-,32-,33?,34+,36-,38+,39-,40?/m1/s1. The highest BCUT2D eigenvalue weighted by Crippen LogP contribution is 2.45. The predicted octanol–water partition coefficient (Wildman–Crippen LogP) is 4.58. The van der Waals surface area contributed by atoms with Crippen LogP contribution in [-0.4, -0.2) is 122 Å². The maximum Gasteiger partial charge on any atom is 0.311 e. The summed E-state index contributed by atoms with van der Waals surface area (Å²) in [6, 6.07) is 9.84. The number of ketones is 1. The first-order valence-corrected chi connectivity index (χ1v) is 19.1. The number of hydrogen-bond acceptors (Lipinski definition) is 12. The number of likely N-dealkylation sites (N-methyl/N-ethyl adjacent to an activating group) is 1. The molecule has 0 aromatic heterocycles. The Hall–Kier alpha value is -2.45. The number of nitrogens with zero attached hydrogens (tertiary/aromatic N) is 2. The van der Waals surface area contributed by atoms with Crippen molar-refractivity contribution in [2.75, 3.05) is 33.9 Å². The second-order valence-corrected chi connectivity index (χ2v) is 16.2. The predicted molar refractivity (Wildman–Crippen MR) is 195 cm³/mol. The van der Waals surface area contributed by atoms with E-state index in [9.17, 15) is 14.7 Å². The largest absolute Gasteiger partial charge is 0.459 e. The molecule has 1 aromatic carbocycles. The summed E-state index contributed by atoms with van der Waals surface area (Å²) in [6.07, 6.45) is -2.69. The Balaban J connectivity index is 1.55. The Kier molecular flexibility index (Phi) is 13.3. The van der Waals surface area contributed by atoms with Crippen molar-refractivity contribution in [3.8, 4) is 0 Å². The fraction of sp³-hybridized carbons (Fsp3) is 0.775. The Morgan fingerprint density at radius 2 is 1.71 bits per heavy atom.